The second kappa shape index (κ2) is 9.17. The Hall–Kier alpha value is -0.840. The number of nitrogens with one attached hydrogen (secondary N) is 1. The summed E-state index contributed by atoms with van der Waals surface area (Å²) in [4.78, 5) is 11.8. The number of fused-ring (bicyclic) bond motifs is 4. The van der Waals surface area contributed by atoms with Gasteiger partial charge in [-0.2, -0.15) is 0 Å². The maximum atomic E-state index is 11.8. The highest BCUT2D eigenvalue weighted by Crippen LogP contribution is 2.70. The van der Waals surface area contributed by atoms with Crippen molar-refractivity contribution in [2.75, 3.05) is 0 Å². The van der Waals surface area contributed by atoms with Gasteiger partial charge in [0.15, 0.2) is 0 Å². The van der Waals surface area contributed by atoms with Crippen molar-refractivity contribution in [1.29, 1.82) is 0 Å². The SMILES string of the molecule is CC(=O)OC1CC[C@]2(C)[C@H]3CC[C@]4(C)[C@@H]([C@H](C)CCCC(C)C)CC[C@H]4[C@@H]3C[C@@H]3OC(=S)N[C@]32C1. The summed E-state index contributed by atoms with van der Waals surface area (Å²) in [6.07, 6.45) is 13.7. The lowest BCUT2D eigenvalue weighted by molar-refractivity contribution is -0.182. The minimum Gasteiger partial charge on any atom is -0.465 e. The van der Waals surface area contributed by atoms with E-state index in [4.69, 9.17) is 21.7 Å². The van der Waals surface area contributed by atoms with Crippen LogP contribution in [0.2, 0.25) is 0 Å². The van der Waals surface area contributed by atoms with E-state index >= 15 is 0 Å². The Labute approximate surface area is 219 Å². The lowest BCUT2D eigenvalue weighted by Crippen LogP contribution is -2.71. The zero-order valence-corrected chi connectivity index (χ0v) is 23.8. The van der Waals surface area contributed by atoms with Crippen LogP contribution in [-0.4, -0.2) is 28.9 Å². The van der Waals surface area contributed by atoms with Crippen molar-refractivity contribution in [2.45, 2.75) is 130 Å². The van der Waals surface area contributed by atoms with E-state index in [1.54, 1.807) is 0 Å². The molecule has 5 heteroatoms. The Balaban J connectivity index is 1.38. The highest BCUT2D eigenvalue weighted by Gasteiger charge is 2.71. The van der Waals surface area contributed by atoms with Crippen LogP contribution in [0, 0.1) is 46.3 Å². The second-order valence-corrected chi connectivity index (χ2v) is 14.4. The summed E-state index contributed by atoms with van der Waals surface area (Å²) in [5.41, 5.74) is 0.399. The molecule has 1 aliphatic heterocycles. The van der Waals surface area contributed by atoms with Gasteiger partial charge in [0.25, 0.3) is 5.17 Å². The van der Waals surface area contributed by atoms with E-state index in [1.807, 2.05) is 0 Å². The summed E-state index contributed by atoms with van der Waals surface area (Å²) in [5, 5.41) is 4.26. The molecule has 0 bridgehead atoms. The number of hydrogen-bond donors (Lipinski definition) is 1. The maximum Gasteiger partial charge on any atom is 0.302 e. The normalized spacial score (nSPS) is 47.1. The minimum atomic E-state index is -0.195. The fourth-order valence-corrected chi connectivity index (χ4v) is 10.7. The van der Waals surface area contributed by atoms with Crippen molar-refractivity contribution in [3.8, 4) is 0 Å². The third-order valence-electron chi connectivity index (χ3n) is 12.0. The Morgan fingerprint density at radius 2 is 1.89 bits per heavy atom. The molecule has 0 aromatic heterocycles. The van der Waals surface area contributed by atoms with Crippen molar-refractivity contribution in [2.24, 2.45) is 46.3 Å². The van der Waals surface area contributed by atoms with Gasteiger partial charge >= 0.3 is 5.97 Å². The van der Waals surface area contributed by atoms with Gasteiger partial charge < -0.3 is 14.8 Å². The largest absolute Gasteiger partial charge is 0.465 e. The van der Waals surface area contributed by atoms with Crippen LogP contribution in [0.25, 0.3) is 0 Å². The predicted molar refractivity (Wildman–Crippen MR) is 144 cm³/mol. The summed E-state index contributed by atoms with van der Waals surface area (Å²) < 4.78 is 12.2. The molecule has 10 atom stereocenters. The molecule has 1 spiro atoms. The van der Waals surface area contributed by atoms with Crippen LogP contribution in [0.15, 0.2) is 0 Å². The number of carbonyl (C=O) groups is 1. The van der Waals surface area contributed by atoms with Gasteiger partial charge in [0.05, 0.1) is 5.54 Å². The fraction of sp³-hybridized carbons (Fsp3) is 0.933. The van der Waals surface area contributed by atoms with Crippen LogP contribution < -0.4 is 5.32 Å². The van der Waals surface area contributed by atoms with Crippen molar-refractivity contribution < 1.29 is 14.3 Å². The first kappa shape index (κ1) is 25.8. The molecule has 35 heavy (non-hydrogen) atoms. The number of carbonyl (C=O) groups excluding carboxylic acids is 1. The molecule has 5 fully saturated rings. The smallest absolute Gasteiger partial charge is 0.302 e. The number of ether oxygens (including phenoxy) is 2. The standard InChI is InChI=1S/C30H49NO3S/c1-18(2)8-7-9-19(3)23-10-11-24-22-16-26-30(31-27(35)34-26)17-21(33-20(4)32)12-15-29(30,6)25(22)13-14-28(23,24)5/h18-19,21-26H,7-17H2,1-6H3,(H,31,35)/t19-,21?,22+,23-,24+,25+,26+,28-,29-,30-/m1/s1. The zero-order chi connectivity index (χ0) is 25.2. The van der Waals surface area contributed by atoms with Crippen LogP contribution in [0.1, 0.15) is 112 Å². The van der Waals surface area contributed by atoms with E-state index in [-0.39, 0.29) is 29.1 Å². The average Bonchev–Trinajstić information content (AvgIpc) is 3.28. The number of rotatable bonds is 6. The summed E-state index contributed by atoms with van der Waals surface area (Å²) in [6.45, 7) is 14.0. The molecule has 5 rings (SSSR count). The number of hydrogen-bond acceptors (Lipinski definition) is 4. The highest BCUT2D eigenvalue weighted by atomic mass is 32.1. The molecule has 1 saturated heterocycles. The summed E-state index contributed by atoms with van der Waals surface area (Å²) in [7, 11) is 0. The molecule has 1 N–H and O–H groups in total. The first-order valence-electron chi connectivity index (χ1n) is 14.7. The predicted octanol–water partition coefficient (Wildman–Crippen LogP) is 7.05. The van der Waals surface area contributed by atoms with Gasteiger partial charge in [0, 0.05) is 13.3 Å². The first-order chi connectivity index (χ1) is 16.5. The highest BCUT2D eigenvalue weighted by molar-refractivity contribution is 7.80. The lowest BCUT2D eigenvalue weighted by atomic mass is 9.41. The molecule has 0 radical (unpaired) electrons. The van der Waals surface area contributed by atoms with Crippen molar-refractivity contribution in [3.05, 3.63) is 0 Å². The Kier molecular flexibility index (Phi) is 6.76. The lowest BCUT2D eigenvalue weighted by Gasteiger charge is -2.65. The van der Waals surface area contributed by atoms with Gasteiger partial charge in [-0.1, -0.05) is 53.9 Å². The van der Waals surface area contributed by atoms with Gasteiger partial charge in [0.2, 0.25) is 0 Å². The van der Waals surface area contributed by atoms with Crippen LogP contribution in [0.5, 0.6) is 0 Å². The zero-order valence-electron chi connectivity index (χ0n) is 23.0. The van der Waals surface area contributed by atoms with Gasteiger partial charge in [-0.25, -0.2) is 0 Å². The summed E-state index contributed by atoms with van der Waals surface area (Å²) in [6, 6.07) is 0. The van der Waals surface area contributed by atoms with E-state index in [9.17, 15) is 4.79 Å². The molecular weight excluding hydrogens is 454 g/mol. The molecule has 4 aliphatic carbocycles. The van der Waals surface area contributed by atoms with Crippen LogP contribution >= 0.6 is 12.2 Å². The maximum absolute atomic E-state index is 11.8. The van der Waals surface area contributed by atoms with E-state index in [2.05, 4.69) is 39.9 Å². The Morgan fingerprint density at radius 3 is 2.60 bits per heavy atom. The third-order valence-corrected chi connectivity index (χ3v) is 12.2. The molecule has 4 nitrogen and oxygen atoms in total. The third kappa shape index (κ3) is 4.05. The number of thiocarbonyl (C=S) groups is 1. The van der Waals surface area contributed by atoms with Crippen molar-refractivity contribution in [3.63, 3.8) is 0 Å². The minimum absolute atomic E-state index is 0.0342. The Bertz CT molecular complexity index is 845. The van der Waals surface area contributed by atoms with Gasteiger partial charge in [-0.3, -0.25) is 4.79 Å². The molecule has 4 saturated carbocycles. The summed E-state index contributed by atoms with van der Waals surface area (Å²) >= 11 is 5.62. The summed E-state index contributed by atoms with van der Waals surface area (Å²) in [5.74, 6) is 4.56. The van der Waals surface area contributed by atoms with Crippen LogP contribution in [-0.2, 0) is 14.3 Å². The molecule has 0 aromatic rings. The molecule has 1 heterocycles. The molecular formula is C30H49NO3S. The van der Waals surface area contributed by atoms with Gasteiger partial charge in [0.1, 0.15) is 12.2 Å². The van der Waals surface area contributed by atoms with Gasteiger partial charge in [-0.15, -0.1) is 0 Å². The molecule has 5 aliphatic rings. The fourth-order valence-electron chi connectivity index (χ4n) is 10.4. The Morgan fingerprint density at radius 1 is 1.11 bits per heavy atom. The molecule has 0 amide bonds. The average molecular weight is 504 g/mol. The van der Waals surface area contributed by atoms with Crippen LogP contribution in [0.3, 0.4) is 0 Å². The van der Waals surface area contributed by atoms with Crippen molar-refractivity contribution >= 4 is 23.4 Å². The monoisotopic (exact) mass is 503 g/mol. The van der Waals surface area contributed by atoms with Gasteiger partial charge in [-0.05, 0) is 104 Å². The van der Waals surface area contributed by atoms with E-state index in [0.717, 1.165) is 55.3 Å². The quantitative estimate of drug-likeness (QED) is 0.311. The topological polar surface area (TPSA) is 47.6 Å². The number of esters is 1. The molecule has 0 aromatic carbocycles. The molecule has 1 unspecified atom stereocenters. The van der Waals surface area contributed by atoms with E-state index in [1.165, 1.54) is 51.9 Å². The first-order valence-corrected chi connectivity index (χ1v) is 15.1. The van der Waals surface area contributed by atoms with E-state index in [0.29, 0.717) is 16.5 Å². The second-order valence-electron chi connectivity index (χ2n) is 14.0. The van der Waals surface area contributed by atoms with E-state index < -0.39 is 0 Å². The molecule has 198 valence electrons. The van der Waals surface area contributed by atoms with Crippen molar-refractivity contribution in [1.82, 2.24) is 5.32 Å². The van der Waals surface area contributed by atoms with Crippen LogP contribution in [0.4, 0.5) is 0 Å².